The highest BCUT2D eigenvalue weighted by Gasteiger charge is 2.15. The molecule has 3 rings (SSSR count). The third kappa shape index (κ3) is 4.08. The molecule has 0 fully saturated rings. The lowest BCUT2D eigenvalue weighted by Gasteiger charge is -2.06. The van der Waals surface area contributed by atoms with Crippen molar-refractivity contribution in [1.29, 1.82) is 0 Å². The van der Waals surface area contributed by atoms with Gasteiger partial charge in [-0.25, -0.2) is 9.59 Å². The van der Waals surface area contributed by atoms with E-state index in [1.54, 1.807) is 0 Å². The highest BCUT2D eigenvalue weighted by Crippen LogP contribution is 2.07. The minimum atomic E-state index is -0.835. The number of carbonyl (C=O) groups is 1. The molecular formula is C18H17N3O4. The van der Waals surface area contributed by atoms with E-state index in [1.165, 1.54) is 10.8 Å². The molecule has 25 heavy (non-hydrogen) atoms. The predicted octanol–water partition coefficient (Wildman–Crippen LogP) is 1.74. The van der Waals surface area contributed by atoms with Crippen molar-refractivity contribution in [3.8, 4) is 5.88 Å². The van der Waals surface area contributed by atoms with E-state index in [2.05, 4.69) is 5.32 Å². The van der Waals surface area contributed by atoms with Gasteiger partial charge in [0, 0.05) is 6.54 Å². The van der Waals surface area contributed by atoms with Gasteiger partial charge in [-0.3, -0.25) is 4.57 Å². The van der Waals surface area contributed by atoms with Gasteiger partial charge in [-0.1, -0.05) is 65.4 Å². The van der Waals surface area contributed by atoms with Crippen LogP contribution < -0.4 is 15.8 Å². The highest BCUT2D eigenvalue weighted by atomic mass is 16.7. The van der Waals surface area contributed by atoms with Crippen molar-refractivity contribution in [3.63, 3.8) is 0 Å². The van der Waals surface area contributed by atoms with Crippen LogP contribution >= 0.6 is 0 Å². The summed E-state index contributed by atoms with van der Waals surface area (Å²) in [6.07, 6.45) is 0.388. The number of hydrogen-bond donors (Lipinski definition) is 2. The van der Waals surface area contributed by atoms with Gasteiger partial charge in [0.15, 0.2) is 0 Å². The summed E-state index contributed by atoms with van der Waals surface area (Å²) in [6, 6.07) is 18.5. The van der Waals surface area contributed by atoms with Crippen molar-refractivity contribution in [2.45, 2.75) is 13.1 Å². The van der Waals surface area contributed by atoms with E-state index >= 15 is 0 Å². The number of amides is 1. The van der Waals surface area contributed by atoms with Crippen molar-refractivity contribution in [2.24, 2.45) is 0 Å². The SMILES string of the molecule is O=C(NCc1ccccc1)On1c(O)cn(Cc2ccccc2)c1=O. The van der Waals surface area contributed by atoms with Crippen LogP contribution in [0.15, 0.2) is 71.7 Å². The summed E-state index contributed by atoms with van der Waals surface area (Å²) >= 11 is 0. The second-order valence-corrected chi connectivity index (χ2v) is 5.40. The van der Waals surface area contributed by atoms with Crippen LogP contribution in [0.3, 0.4) is 0 Å². The molecule has 3 aromatic rings. The average molecular weight is 339 g/mol. The zero-order valence-electron chi connectivity index (χ0n) is 13.3. The Morgan fingerprint density at radius 2 is 1.60 bits per heavy atom. The monoisotopic (exact) mass is 339 g/mol. The van der Waals surface area contributed by atoms with E-state index in [4.69, 9.17) is 4.84 Å². The Labute approximate surface area is 143 Å². The summed E-state index contributed by atoms with van der Waals surface area (Å²) in [5, 5.41) is 12.4. The lowest BCUT2D eigenvalue weighted by Crippen LogP contribution is -2.37. The van der Waals surface area contributed by atoms with Crippen molar-refractivity contribution in [2.75, 3.05) is 0 Å². The number of rotatable bonds is 5. The Bertz CT molecular complexity index is 901. The first-order valence-electron chi connectivity index (χ1n) is 7.68. The molecule has 0 saturated heterocycles. The van der Waals surface area contributed by atoms with E-state index in [9.17, 15) is 14.7 Å². The molecule has 0 unspecified atom stereocenters. The third-order valence-electron chi connectivity index (χ3n) is 3.55. The van der Waals surface area contributed by atoms with E-state index in [0.29, 0.717) is 4.73 Å². The average Bonchev–Trinajstić information content (AvgIpc) is 2.89. The van der Waals surface area contributed by atoms with Crippen LogP contribution in [0.1, 0.15) is 11.1 Å². The van der Waals surface area contributed by atoms with Gasteiger partial charge in [0.1, 0.15) is 0 Å². The number of hydrogen-bond acceptors (Lipinski definition) is 4. The maximum absolute atomic E-state index is 12.3. The topological polar surface area (TPSA) is 85.5 Å². The molecule has 2 N–H and O–H groups in total. The number of nitrogens with one attached hydrogen (secondary N) is 1. The molecule has 0 aliphatic carbocycles. The normalized spacial score (nSPS) is 10.4. The Morgan fingerprint density at radius 1 is 1.00 bits per heavy atom. The maximum Gasteiger partial charge on any atom is 0.432 e. The highest BCUT2D eigenvalue weighted by molar-refractivity contribution is 5.67. The first kappa shape index (κ1) is 16.4. The minimum absolute atomic E-state index is 0.250. The second kappa shape index (κ2) is 7.39. The minimum Gasteiger partial charge on any atom is -0.491 e. The molecule has 128 valence electrons. The summed E-state index contributed by atoms with van der Waals surface area (Å²) in [4.78, 5) is 29.0. The van der Waals surface area contributed by atoms with Crippen LogP contribution in [0.2, 0.25) is 0 Å². The number of imidazole rings is 1. The van der Waals surface area contributed by atoms with Gasteiger partial charge in [-0.2, -0.15) is 0 Å². The van der Waals surface area contributed by atoms with Crippen molar-refractivity contribution in [1.82, 2.24) is 14.6 Å². The van der Waals surface area contributed by atoms with Crippen LogP contribution in [-0.4, -0.2) is 20.5 Å². The molecule has 2 aromatic carbocycles. The van der Waals surface area contributed by atoms with Gasteiger partial charge < -0.3 is 15.3 Å². The van der Waals surface area contributed by atoms with Gasteiger partial charge in [-0.15, -0.1) is 0 Å². The lowest BCUT2D eigenvalue weighted by atomic mass is 10.2. The number of benzene rings is 2. The molecule has 1 heterocycles. The van der Waals surface area contributed by atoms with Gasteiger partial charge in [0.25, 0.3) is 0 Å². The first-order valence-corrected chi connectivity index (χ1v) is 7.68. The molecule has 0 radical (unpaired) electrons. The molecule has 1 aromatic heterocycles. The summed E-state index contributed by atoms with van der Waals surface area (Å²) < 4.78 is 1.82. The quantitative estimate of drug-likeness (QED) is 0.741. The Hall–Kier alpha value is -3.48. The fraction of sp³-hybridized carbons (Fsp3) is 0.111. The molecular weight excluding hydrogens is 322 g/mol. The first-order chi connectivity index (χ1) is 12.1. The molecule has 7 heteroatoms. The standard InChI is InChI=1S/C18H17N3O4/c22-16-13-20(12-15-9-5-2-6-10-15)18(24)21(16)25-17(23)19-11-14-7-3-1-4-8-14/h1-10,13,22H,11-12H2,(H,19,23). The number of carbonyl (C=O) groups excluding carboxylic acids is 1. The fourth-order valence-corrected chi connectivity index (χ4v) is 2.33. The summed E-state index contributed by atoms with van der Waals surface area (Å²) in [6.45, 7) is 0.509. The van der Waals surface area contributed by atoms with E-state index < -0.39 is 17.7 Å². The van der Waals surface area contributed by atoms with Crippen LogP contribution in [0.4, 0.5) is 4.79 Å². The van der Waals surface area contributed by atoms with E-state index in [1.807, 2.05) is 60.7 Å². The van der Waals surface area contributed by atoms with E-state index in [0.717, 1.165) is 11.1 Å². The maximum atomic E-state index is 12.3. The summed E-state index contributed by atoms with van der Waals surface area (Å²) in [5.74, 6) is -0.448. The molecule has 7 nitrogen and oxygen atoms in total. The van der Waals surface area contributed by atoms with Crippen molar-refractivity contribution >= 4 is 6.09 Å². The van der Waals surface area contributed by atoms with Gasteiger partial charge >= 0.3 is 11.8 Å². The lowest BCUT2D eigenvalue weighted by molar-refractivity contribution is 0.115. The number of aromatic hydroxyl groups is 1. The van der Waals surface area contributed by atoms with Gasteiger partial charge in [0.05, 0.1) is 12.7 Å². The van der Waals surface area contributed by atoms with E-state index in [-0.39, 0.29) is 13.1 Å². The zero-order chi connectivity index (χ0) is 17.6. The Balaban J connectivity index is 1.66. The third-order valence-corrected chi connectivity index (χ3v) is 3.55. The molecule has 0 saturated carbocycles. The smallest absolute Gasteiger partial charge is 0.432 e. The van der Waals surface area contributed by atoms with Crippen LogP contribution in [0.5, 0.6) is 5.88 Å². The number of aromatic nitrogens is 2. The largest absolute Gasteiger partial charge is 0.491 e. The molecule has 0 bridgehead atoms. The van der Waals surface area contributed by atoms with Crippen molar-refractivity contribution in [3.05, 3.63) is 88.5 Å². The second-order valence-electron chi connectivity index (χ2n) is 5.40. The Morgan fingerprint density at radius 3 is 2.24 bits per heavy atom. The predicted molar refractivity (Wildman–Crippen MR) is 91.2 cm³/mol. The fourth-order valence-electron chi connectivity index (χ4n) is 2.33. The zero-order valence-corrected chi connectivity index (χ0v) is 13.3. The van der Waals surface area contributed by atoms with Crippen LogP contribution in [-0.2, 0) is 13.1 Å². The molecule has 0 atom stereocenters. The summed E-state index contributed by atoms with van der Waals surface area (Å²) in [7, 11) is 0. The molecule has 0 spiro atoms. The number of nitrogens with zero attached hydrogens (tertiary/aromatic N) is 2. The van der Waals surface area contributed by atoms with Gasteiger partial charge in [0.2, 0.25) is 5.88 Å². The molecule has 1 amide bonds. The van der Waals surface area contributed by atoms with Crippen LogP contribution in [0.25, 0.3) is 0 Å². The van der Waals surface area contributed by atoms with Gasteiger partial charge in [-0.05, 0) is 11.1 Å². The Kier molecular flexibility index (Phi) is 4.84. The van der Waals surface area contributed by atoms with Crippen molar-refractivity contribution < 1.29 is 14.7 Å². The molecule has 0 aliphatic rings. The summed E-state index contributed by atoms with van der Waals surface area (Å²) in [5.41, 5.74) is 1.13. The molecule has 0 aliphatic heterocycles. The van der Waals surface area contributed by atoms with Crippen LogP contribution in [0, 0.1) is 0 Å².